The molecule has 1 N–H and O–H groups in total. The summed E-state index contributed by atoms with van der Waals surface area (Å²) >= 11 is 9.59. The molecular weight excluding hydrogens is 348 g/mol. The van der Waals surface area contributed by atoms with Crippen molar-refractivity contribution >= 4 is 62.1 Å². The number of thioether (sulfide) groups is 1. The second-order valence-corrected chi connectivity index (χ2v) is 6.33. The topological polar surface area (TPSA) is 49.4 Å². The number of carbonyl (C=O) groups excluding carboxylic acids is 2. The van der Waals surface area contributed by atoms with Crippen molar-refractivity contribution in [3.05, 3.63) is 39.2 Å². The summed E-state index contributed by atoms with van der Waals surface area (Å²) in [4.78, 5) is 23.5. The molecule has 0 unspecified atom stereocenters. The van der Waals surface area contributed by atoms with Gasteiger partial charge in [-0.05, 0) is 36.0 Å². The molecule has 4 nitrogen and oxygen atoms in total. The van der Waals surface area contributed by atoms with E-state index in [1.165, 1.54) is 6.92 Å². The van der Waals surface area contributed by atoms with Crippen LogP contribution in [-0.4, -0.2) is 21.1 Å². The molecule has 0 spiro atoms. The largest absolute Gasteiger partial charge is 0.285 e. The van der Waals surface area contributed by atoms with Crippen molar-refractivity contribution in [2.24, 2.45) is 0 Å². The molecule has 1 aromatic carbocycles. The molecule has 0 radical (unpaired) electrons. The Morgan fingerprint density at radius 1 is 1.53 bits per heavy atom. The average Bonchev–Trinajstić information content (AvgIpc) is 2.57. The summed E-state index contributed by atoms with van der Waals surface area (Å²) in [6, 6.07) is 7.56. The normalized spacial score (nSPS) is 17.2. The average molecular weight is 357 g/mol. The fourth-order valence-corrected chi connectivity index (χ4v) is 3.07. The molecule has 7 heteroatoms. The molecule has 0 aliphatic carbocycles. The number of amides is 2. The van der Waals surface area contributed by atoms with E-state index in [2.05, 4.69) is 21.4 Å². The first kappa shape index (κ1) is 14.2. The Balaban J connectivity index is 2.25. The molecule has 2 amide bonds. The zero-order valence-corrected chi connectivity index (χ0v) is 13.1. The Labute approximate surface area is 128 Å². The van der Waals surface area contributed by atoms with Crippen molar-refractivity contribution in [1.82, 2.24) is 10.4 Å². The van der Waals surface area contributed by atoms with Crippen molar-refractivity contribution in [2.75, 3.05) is 0 Å². The van der Waals surface area contributed by atoms with Gasteiger partial charge in [-0.25, -0.2) is 0 Å². The predicted octanol–water partition coefficient (Wildman–Crippen LogP) is 2.70. The van der Waals surface area contributed by atoms with Gasteiger partial charge >= 0.3 is 0 Å². The van der Waals surface area contributed by atoms with Crippen molar-refractivity contribution < 1.29 is 9.59 Å². The van der Waals surface area contributed by atoms with Crippen LogP contribution in [0.5, 0.6) is 0 Å². The van der Waals surface area contributed by atoms with Gasteiger partial charge < -0.3 is 0 Å². The lowest BCUT2D eigenvalue weighted by Crippen LogP contribution is -2.43. The molecular formula is C12H9BrN2O2S2. The quantitative estimate of drug-likeness (QED) is 0.653. The molecule has 0 bridgehead atoms. The van der Waals surface area contributed by atoms with Crippen LogP contribution in [-0.2, 0) is 9.59 Å². The molecule has 2 rings (SSSR count). The third kappa shape index (κ3) is 3.43. The number of nitrogens with zero attached hydrogens (tertiary/aromatic N) is 1. The first-order valence-electron chi connectivity index (χ1n) is 5.28. The van der Waals surface area contributed by atoms with Crippen LogP contribution in [0.4, 0.5) is 0 Å². The Hall–Kier alpha value is -1.18. The van der Waals surface area contributed by atoms with Crippen LogP contribution in [0.1, 0.15) is 12.5 Å². The van der Waals surface area contributed by atoms with Crippen LogP contribution >= 0.6 is 39.9 Å². The molecule has 1 saturated heterocycles. The van der Waals surface area contributed by atoms with Gasteiger partial charge in [0, 0.05) is 11.4 Å². The maximum absolute atomic E-state index is 12.1. The van der Waals surface area contributed by atoms with E-state index in [0.29, 0.717) is 9.23 Å². The number of rotatable bonds is 2. The first-order chi connectivity index (χ1) is 8.97. The summed E-state index contributed by atoms with van der Waals surface area (Å²) < 4.78 is 1.25. The summed E-state index contributed by atoms with van der Waals surface area (Å²) in [5, 5.41) is 1.09. The van der Waals surface area contributed by atoms with E-state index >= 15 is 0 Å². The van der Waals surface area contributed by atoms with Crippen LogP contribution in [0.25, 0.3) is 6.08 Å². The third-order valence-electron chi connectivity index (χ3n) is 2.21. The number of nitrogens with one attached hydrogen (secondary N) is 1. The van der Waals surface area contributed by atoms with Crippen molar-refractivity contribution in [1.29, 1.82) is 0 Å². The second-order valence-electron chi connectivity index (χ2n) is 3.74. The van der Waals surface area contributed by atoms with Crippen LogP contribution in [0.3, 0.4) is 0 Å². The van der Waals surface area contributed by atoms with Gasteiger partial charge in [0.05, 0.1) is 4.91 Å². The summed E-state index contributed by atoms with van der Waals surface area (Å²) in [7, 11) is 0. The van der Waals surface area contributed by atoms with E-state index in [-0.39, 0.29) is 11.8 Å². The molecule has 1 heterocycles. The van der Waals surface area contributed by atoms with E-state index in [9.17, 15) is 9.59 Å². The van der Waals surface area contributed by atoms with Crippen molar-refractivity contribution in [3.8, 4) is 0 Å². The lowest BCUT2D eigenvalue weighted by Gasteiger charge is -2.13. The highest BCUT2D eigenvalue weighted by Gasteiger charge is 2.32. The van der Waals surface area contributed by atoms with Crippen molar-refractivity contribution in [3.63, 3.8) is 0 Å². The SMILES string of the molecule is CC(=O)NN1C(=O)/C(=C/c2cccc(Br)c2)SC1=S. The summed E-state index contributed by atoms with van der Waals surface area (Å²) in [5.74, 6) is -0.648. The summed E-state index contributed by atoms with van der Waals surface area (Å²) in [6.45, 7) is 1.33. The molecule has 98 valence electrons. The van der Waals surface area contributed by atoms with Crippen LogP contribution < -0.4 is 5.43 Å². The molecule has 0 saturated carbocycles. The molecule has 0 aromatic heterocycles. The van der Waals surface area contributed by atoms with Gasteiger partial charge in [0.1, 0.15) is 0 Å². The van der Waals surface area contributed by atoms with E-state index in [1.807, 2.05) is 24.3 Å². The van der Waals surface area contributed by atoms with Crippen molar-refractivity contribution in [2.45, 2.75) is 6.92 Å². The monoisotopic (exact) mass is 356 g/mol. The van der Waals surface area contributed by atoms with Gasteiger partial charge in [0.2, 0.25) is 5.91 Å². The molecule has 1 aliphatic rings. The lowest BCUT2D eigenvalue weighted by molar-refractivity contribution is -0.131. The van der Waals surface area contributed by atoms with E-state index < -0.39 is 0 Å². The standard InChI is InChI=1S/C12H9BrN2O2S2/c1-7(16)14-15-11(17)10(19-12(15)18)6-8-3-2-4-9(13)5-8/h2-6H,1H3,(H,14,16)/b10-6-. The smallest absolute Gasteiger partial charge is 0.274 e. The first-order valence-corrected chi connectivity index (χ1v) is 7.30. The minimum absolute atomic E-state index is 0.315. The number of thiocarbonyl (C=S) groups is 1. The van der Waals surface area contributed by atoms with Gasteiger partial charge in [-0.15, -0.1) is 0 Å². The minimum atomic E-state index is -0.333. The number of carbonyl (C=O) groups is 2. The fraction of sp³-hybridized carbons (Fsp3) is 0.0833. The highest BCUT2D eigenvalue weighted by atomic mass is 79.9. The number of hydrazine groups is 1. The Kier molecular flexibility index (Phi) is 4.38. The molecule has 1 aliphatic heterocycles. The van der Waals surface area contributed by atoms with E-state index in [1.54, 1.807) is 6.08 Å². The number of hydrogen-bond acceptors (Lipinski definition) is 4. The number of benzene rings is 1. The number of halogens is 1. The maximum atomic E-state index is 12.1. The molecule has 1 aromatic rings. The Morgan fingerprint density at radius 3 is 2.89 bits per heavy atom. The predicted molar refractivity (Wildman–Crippen MR) is 83.0 cm³/mol. The minimum Gasteiger partial charge on any atom is -0.274 e. The maximum Gasteiger partial charge on any atom is 0.285 e. The molecule has 1 fully saturated rings. The van der Waals surface area contributed by atoms with Gasteiger partial charge in [-0.3, -0.25) is 15.0 Å². The van der Waals surface area contributed by atoms with E-state index in [0.717, 1.165) is 26.8 Å². The Morgan fingerprint density at radius 2 is 2.26 bits per heavy atom. The lowest BCUT2D eigenvalue weighted by atomic mass is 10.2. The highest BCUT2D eigenvalue weighted by Crippen LogP contribution is 2.31. The summed E-state index contributed by atoms with van der Waals surface area (Å²) in [5.41, 5.74) is 3.29. The van der Waals surface area contributed by atoms with Crippen LogP contribution in [0, 0.1) is 0 Å². The summed E-state index contributed by atoms with van der Waals surface area (Å²) in [6.07, 6.45) is 1.74. The van der Waals surface area contributed by atoms with E-state index in [4.69, 9.17) is 12.2 Å². The number of hydrogen-bond donors (Lipinski definition) is 1. The van der Waals surface area contributed by atoms with Gasteiger partial charge in [0.25, 0.3) is 5.91 Å². The zero-order chi connectivity index (χ0) is 14.0. The highest BCUT2D eigenvalue weighted by molar-refractivity contribution is 9.10. The van der Waals surface area contributed by atoms with Crippen LogP contribution in [0.15, 0.2) is 33.6 Å². The molecule has 19 heavy (non-hydrogen) atoms. The van der Waals surface area contributed by atoms with Gasteiger partial charge in [-0.1, -0.05) is 39.8 Å². The van der Waals surface area contributed by atoms with Crippen LogP contribution in [0.2, 0.25) is 0 Å². The fourth-order valence-electron chi connectivity index (χ4n) is 1.47. The molecule has 0 atom stereocenters. The zero-order valence-electron chi connectivity index (χ0n) is 9.84. The van der Waals surface area contributed by atoms with Gasteiger partial charge in [0.15, 0.2) is 4.32 Å². The van der Waals surface area contributed by atoms with Gasteiger partial charge in [-0.2, -0.15) is 5.01 Å². The third-order valence-corrected chi connectivity index (χ3v) is 4.00. The second kappa shape index (κ2) is 5.85. The Bertz CT molecular complexity index is 601.